The fourth-order valence-electron chi connectivity index (χ4n) is 1.88. The van der Waals surface area contributed by atoms with Crippen molar-refractivity contribution >= 4 is 0 Å². The minimum atomic E-state index is -4.89. The minimum absolute atomic E-state index is 0.0694. The number of H-pyrrole nitrogens is 1. The van der Waals surface area contributed by atoms with Crippen LogP contribution >= 0.6 is 0 Å². The number of nitrogens with zero attached hydrogens (tertiary/aromatic N) is 1. The van der Waals surface area contributed by atoms with E-state index >= 15 is 0 Å². The smallest absolute Gasteiger partial charge is 0.342 e. The zero-order chi connectivity index (χ0) is 16.5. The molecule has 0 saturated heterocycles. The van der Waals surface area contributed by atoms with E-state index in [-0.39, 0.29) is 24.0 Å². The number of hydrogen-bond donors (Lipinski definition) is 2. The molecule has 1 heterocycles. The molecule has 9 heteroatoms. The van der Waals surface area contributed by atoms with E-state index in [2.05, 4.69) is 9.97 Å². The maximum atomic E-state index is 12.8. The van der Waals surface area contributed by atoms with Crippen LogP contribution in [-0.2, 0) is 18.8 Å². The average Bonchev–Trinajstić information content (AvgIpc) is 2.85. The molecule has 0 atom stereocenters. The Morgan fingerprint density at radius 2 is 1.50 bits per heavy atom. The highest BCUT2D eigenvalue weighted by atomic mass is 19.4. The number of aromatic nitrogens is 2. The summed E-state index contributed by atoms with van der Waals surface area (Å²) in [7, 11) is 0. The zero-order valence-electron chi connectivity index (χ0n) is 11.0. The molecular formula is C13H11F6N3. The Morgan fingerprint density at radius 3 is 1.95 bits per heavy atom. The lowest BCUT2D eigenvalue weighted by molar-refractivity contribution is -0.143. The van der Waals surface area contributed by atoms with E-state index in [1.165, 1.54) is 6.20 Å². The van der Waals surface area contributed by atoms with Gasteiger partial charge in [-0.05, 0) is 24.7 Å². The fourth-order valence-corrected chi connectivity index (χ4v) is 1.88. The average molecular weight is 323 g/mol. The number of nitrogens with one attached hydrogen (secondary N) is 1. The van der Waals surface area contributed by atoms with Crippen LogP contribution in [0, 0.1) is 0 Å². The van der Waals surface area contributed by atoms with Crippen LogP contribution in [0.3, 0.4) is 0 Å². The number of nitrogens with two attached hydrogens (primary N) is 1. The molecule has 120 valence electrons. The number of halogens is 6. The summed E-state index contributed by atoms with van der Waals surface area (Å²) in [6.45, 7) is 0.276. The second-order valence-corrected chi connectivity index (χ2v) is 4.59. The lowest BCUT2D eigenvalue weighted by Gasteiger charge is -2.13. The summed E-state index contributed by atoms with van der Waals surface area (Å²) >= 11 is 0. The highest BCUT2D eigenvalue weighted by Crippen LogP contribution is 2.38. The summed E-state index contributed by atoms with van der Waals surface area (Å²) < 4.78 is 76.6. The van der Waals surface area contributed by atoms with E-state index in [0.717, 1.165) is 0 Å². The van der Waals surface area contributed by atoms with E-state index in [4.69, 9.17) is 5.73 Å². The van der Waals surface area contributed by atoms with Gasteiger partial charge in [-0.3, -0.25) is 0 Å². The molecule has 0 aliphatic rings. The van der Waals surface area contributed by atoms with Crippen LogP contribution < -0.4 is 5.73 Å². The van der Waals surface area contributed by atoms with Crippen molar-refractivity contribution in [3.63, 3.8) is 0 Å². The van der Waals surface area contributed by atoms with Crippen molar-refractivity contribution in [3.8, 4) is 11.4 Å². The lowest BCUT2D eigenvalue weighted by atomic mass is 10.0. The van der Waals surface area contributed by atoms with Crippen molar-refractivity contribution in [3.05, 3.63) is 41.2 Å². The first kappa shape index (κ1) is 16.3. The second kappa shape index (κ2) is 5.64. The molecule has 0 aliphatic heterocycles. The Bertz CT molecular complexity index is 624. The summed E-state index contributed by atoms with van der Waals surface area (Å²) in [4.78, 5) is 6.47. The van der Waals surface area contributed by atoms with Crippen LogP contribution in [-0.4, -0.2) is 16.5 Å². The quantitative estimate of drug-likeness (QED) is 0.848. The number of imidazole rings is 1. The van der Waals surface area contributed by atoms with Gasteiger partial charge in [-0.2, -0.15) is 26.3 Å². The van der Waals surface area contributed by atoms with E-state index in [9.17, 15) is 26.3 Å². The first-order valence-electron chi connectivity index (χ1n) is 6.15. The third kappa shape index (κ3) is 3.59. The normalized spacial score (nSPS) is 12.7. The molecule has 2 rings (SSSR count). The molecule has 0 aliphatic carbocycles. The second-order valence-electron chi connectivity index (χ2n) is 4.59. The molecular weight excluding hydrogens is 312 g/mol. The van der Waals surface area contributed by atoms with Gasteiger partial charge in [0.1, 0.15) is 5.82 Å². The van der Waals surface area contributed by atoms with Gasteiger partial charge >= 0.3 is 12.4 Å². The Balaban J connectivity index is 2.54. The fraction of sp³-hybridized carbons (Fsp3) is 0.308. The Morgan fingerprint density at radius 1 is 0.955 bits per heavy atom. The van der Waals surface area contributed by atoms with Gasteiger partial charge in [-0.15, -0.1) is 0 Å². The van der Waals surface area contributed by atoms with Gasteiger partial charge in [-0.25, -0.2) is 4.98 Å². The predicted octanol–water partition coefficient (Wildman–Crippen LogP) is 3.62. The highest BCUT2D eigenvalue weighted by Gasteiger charge is 2.37. The first-order chi connectivity index (χ1) is 10.1. The molecule has 0 amide bonds. The maximum Gasteiger partial charge on any atom is 0.416 e. The van der Waals surface area contributed by atoms with Crippen molar-refractivity contribution in [2.75, 3.05) is 6.54 Å². The molecule has 0 fully saturated rings. The number of benzene rings is 1. The Kier molecular flexibility index (Phi) is 4.19. The monoisotopic (exact) mass is 323 g/mol. The number of hydrogen-bond acceptors (Lipinski definition) is 2. The molecule has 0 spiro atoms. The summed E-state index contributed by atoms with van der Waals surface area (Å²) in [6, 6.07) is 1.33. The SMILES string of the molecule is NCCc1cnc(-c2cc(C(F)(F)F)cc(C(F)(F)F)c2)[nH]1. The zero-order valence-corrected chi connectivity index (χ0v) is 11.0. The molecule has 0 radical (unpaired) electrons. The van der Waals surface area contributed by atoms with Gasteiger partial charge in [0.2, 0.25) is 0 Å². The van der Waals surface area contributed by atoms with Gasteiger partial charge in [0.25, 0.3) is 0 Å². The molecule has 22 heavy (non-hydrogen) atoms. The van der Waals surface area contributed by atoms with Gasteiger partial charge in [-0.1, -0.05) is 0 Å². The van der Waals surface area contributed by atoms with Gasteiger partial charge in [0.05, 0.1) is 11.1 Å². The molecule has 1 aromatic heterocycles. The Hall–Kier alpha value is -2.03. The van der Waals surface area contributed by atoms with Crippen molar-refractivity contribution < 1.29 is 26.3 Å². The van der Waals surface area contributed by atoms with Crippen LogP contribution in [0.2, 0.25) is 0 Å². The molecule has 3 nitrogen and oxygen atoms in total. The number of alkyl halides is 6. The number of aromatic amines is 1. The standard InChI is InChI=1S/C13H11F6N3/c14-12(15,16)8-3-7(4-9(5-8)13(17,18)19)11-21-6-10(22-11)1-2-20/h3-6H,1-2,20H2,(H,21,22). The molecule has 3 N–H and O–H groups in total. The van der Waals surface area contributed by atoms with Gasteiger partial charge in [0.15, 0.2) is 0 Å². The van der Waals surface area contributed by atoms with Crippen molar-refractivity contribution in [1.82, 2.24) is 9.97 Å². The van der Waals surface area contributed by atoms with E-state index < -0.39 is 23.5 Å². The molecule has 0 unspecified atom stereocenters. The summed E-state index contributed by atoms with van der Waals surface area (Å²) in [5.41, 5.74) is 2.81. The third-order valence-electron chi connectivity index (χ3n) is 2.90. The predicted molar refractivity (Wildman–Crippen MR) is 66.8 cm³/mol. The minimum Gasteiger partial charge on any atom is -0.342 e. The van der Waals surface area contributed by atoms with E-state index in [1.54, 1.807) is 0 Å². The van der Waals surface area contributed by atoms with Gasteiger partial charge < -0.3 is 10.7 Å². The maximum absolute atomic E-state index is 12.8. The molecule has 2 aromatic rings. The largest absolute Gasteiger partial charge is 0.416 e. The van der Waals surface area contributed by atoms with Gasteiger partial charge in [0, 0.05) is 23.9 Å². The van der Waals surface area contributed by atoms with Crippen LogP contribution in [0.5, 0.6) is 0 Å². The highest BCUT2D eigenvalue weighted by molar-refractivity contribution is 5.59. The lowest BCUT2D eigenvalue weighted by Crippen LogP contribution is -2.11. The van der Waals surface area contributed by atoms with Crippen LogP contribution in [0.1, 0.15) is 16.8 Å². The number of rotatable bonds is 3. The summed E-state index contributed by atoms with van der Waals surface area (Å²) in [5, 5.41) is 0. The molecule has 0 saturated carbocycles. The topological polar surface area (TPSA) is 54.7 Å². The molecule has 1 aromatic carbocycles. The van der Waals surface area contributed by atoms with Crippen LogP contribution in [0.15, 0.2) is 24.4 Å². The van der Waals surface area contributed by atoms with E-state index in [0.29, 0.717) is 24.2 Å². The van der Waals surface area contributed by atoms with Crippen molar-refractivity contribution in [2.45, 2.75) is 18.8 Å². The van der Waals surface area contributed by atoms with E-state index in [1.807, 2.05) is 0 Å². The summed E-state index contributed by atoms with van der Waals surface area (Å²) in [6.07, 6.45) is -8.06. The Labute approximate surface area is 121 Å². The van der Waals surface area contributed by atoms with Crippen LogP contribution in [0.25, 0.3) is 11.4 Å². The van der Waals surface area contributed by atoms with Crippen LogP contribution in [0.4, 0.5) is 26.3 Å². The van der Waals surface area contributed by atoms with Crippen molar-refractivity contribution in [1.29, 1.82) is 0 Å². The van der Waals surface area contributed by atoms with Crippen molar-refractivity contribution in [2.24, 2.45) is 5.73 Å². The molecule has 0 bridgehead atoms. The third-order valence-corrected chi connectivity index (χ3v) is 2.90. The first-order valence-corrected chi connectivity index (χ1v) is 6.15. The summed E-state index contributed by atoms with van der Waals surface area (Å²) in [5.74, 6) is -0.0694.